The highest BCUT2D eigenvalue weighted by atomic mass is 19.4. The zero-order valence-corrected chi connectivity index (χ0v) is 14.3. The zero-order chi connectivity index (χ0) is 19.2. The minimum absolute atomic E-state index is 0.0940. The number of anilines is 1. The zero-order valence-electron chi connectivity index (χ0n) is 14.3. The van der Waals surface area contributed by atoms with Gasteiger partial charge in [0.05, 0.1) is 19.1 Å². The predicted molar refractivity (Wildman–Crippen MR) is 87.6 cm³/mol. The third-order valence-electron chi connectivity index (χ3n) is 3.86. The molecule has 26 heavy (non-hydrogen) atoms. The molecule has 1 aliphatic heterocycles. The van der Waals surface area contributed by atoms with Gasteiger partial charge >= 0.3 is 12.3 Å². The molecule has 1 fully saturated rings. The van der Waals surface area contributed by atoms with Crippen LogP contribution in [-0.4, -0.2) is 49.4 Å². The standard InChI is InChI=1S/C17H21F3N2O4/c1-2-25-16(24)12-4-3-9-22(10-12)11-15(23)21-13-5-7-14(8-6-13)26-17(18,19)20/h5-8,12H,2-4,9-11H2,1H3,(H,21,23)/t12-/m1/s1. The Labute approximate surface area is 149 Å². The molecule has 0 saturated carbocycles. The van der Waals surface area contributed by atoms with Crippen molar-refractivity contribution in [3.63, 3.8) is 0 Å². The van der Waals surface area contributed by atoms with E-state index >= 15 is 0 Å². The van der Waals surface area contributed by atoms with Crippen LogP contribution in [0.15, 0.2) is 24.3 Å². The average molecular weight is 374 g/mol. The van der Waals surface area contributed by atoms with E-state index < -0.39 is 6.36 Å². The molecule has 0 aliphatic carbocycles. The number of amides is 1. The number of halogens is 3. The monoisotopic (exact) mass is 374 g/mol. The van der Waals surface area contributed by atoms with Gasteiger partial charge in [-0.15, -0.1) is 13.2 Å². The molecule has 0 spiro atoms. The van der Waals surface area contributed by atoms with Crippen LogP contribution in [0.2, 0.25) is 0 Å². The highest BCUT2D eigenvalue weighted by Gasteiger charge is 2.31. The first kappa shape index (κ1) is 20.0. The van der Waals surface area contributed by atoms with E-state index in [0.29, 0.717) is 25.4 Å². The van der Waals surface area contributed by atoms with Crippen molar-refractivity contribution in [2.75, 3.05) is 31.6 Å². The van der Waals surface area contributed by atoms with Crippen molar-refractivity contribution in [2.24, 2.45) is 5.92 Å². The summed E-state index contributed by atoms with van der Waals surface area (Å²) >= 11 is 0. The Morgan fingerprint density at radius 1 is 1.27 bits per heavy atom. The number of carbonyl (C=O) groups excluding carboxylic acids is 2. The number of hydrogen-bond donors (Lipinski definition) is 1. The van der Waals surface area contributed by atoms with Crippen LogP contribution in [0.25, 0.3) is 0 Å². The third-order valence-corrected chi connectivity index (χ3v) is 3.86. The number of esters is 1. The van der Waals surface area contributed by atoms with Crippen molar-refractivity contribution in [3.05, 3.63) is 24.3 Å². The number of rotatable bonds is 6. The summed E-state index contributed by atoms with van der Waals surface area (Å²) in [5.41, 5.74) is 0.364. The first-order chi connectivity index (χ1) is 12.3. The van der Waals surface area contributed by atoms with Crippen molar-refractivity contribution in [2.45, 2.75) is 26.1 Å². The first-order valence-electron chi connectivity index (χ1n) is 8.31. The second-order valence-electron chi connectivity index (χ2n) is 5.95. The van der Waals surface area contributed by atoms with Gasteiger partial charge in [-0.2, -0.15) is 0 Å². The lowest BCUT2D eigenvalue weighted by molar-refractivity contribution is -0.274. The molecule has 1 aliphatic rings. The molecule has 2 rings (SSSR count). The van der Waals surface area contributed by atoms with Gasteiger partial charge in [-0.1, -0.05) is 0 Å². The van der Waals surface area contributed by atoms with Crippen molar-refractivity contribution in [1.29, 1.82) is 0 Å². The molecule has 1 heterocycles. The SMILES string of the molecule is CCOC(=O)[C@@H]1CCCN(CC(=O)Nc2ccc(OC(F)(F)F)cc2)C1. The number of hydrogen-bond acceptors (Lipinski definition) is 5. The summed E-state index contributed by atoms with van der Waals surface area (Å²) in [6.45, 7) is 3.31. The lowest BCUT2D eigenvalue weighted by atomic mass is 9.98. The van der Waals surface area contributed by atoms with E-state index in [9.17, 15) is 22.8 Å². The van der Waals surface area contributed by atoms with Gasteiger partial charge in [-0.3, -0.25) is 14.5 Å². The molecule has 144 valence electrons. The van der Waals surface area contributed by atoms with Crippen LogP contribution in [0.4, 0.5) is 18.9 Å². The van der Waals surface area contributed by atoms with Crippen LogP contribution in [0.1, 0.15) is 19.8 Å². The van der Waals surface area contributed by atoms with Crippen LogP contribution >= 0.6 is 0 Å². The Balaban J connectivity index is 1.83. The van der Waals surface area contributed by atoms with Gasteiger partial charge in [0.25, 0.3) is 0 Å². The van der Waals surface area contributed by atoms with Gasteiger partial charge < -0.3 is 14.8 Å². The van der Waals surface area contributed by atoms with Gasteiger partial charge in [-0.05, 0) is 50.6 Å². The number of likely N-dealkylation sites (tertiary alicyclic amines) is 1. The fourth-order valence-corrected chi connectivity index (χ4v) is 2.80. The minimum atomic E-state index is -4.76. The number of alkyl halides is 3. The molecular weight excluding hydrogens is 353 g/mol. The van der Waals surface area contributed by atoms with Gasteiger partial charge in [0.2, 0.25) is 5.91 Å². The predicted octanol–water partition coefficient (Wildman–Crippen LogP) is 2.80. The highest BCUT2D eigenvalue weighted by molar-refractivity contribution is 5.92. The lowest BCUT2D eigenvalue weighted by Crippen LogP contribution is -2.43. The van der Waals surface area contributed by atoms with Gasteiger partial charge in [0, 0.05) is 12.2 Å². The number of piperidine rings is 1. The molecule has 1 atom stereocenters. The maximum atomic E-state index is 12.1. The molecule has 0 unspecified atom stereocenters. The van der Waals surface area contributed by atoms with E-state index in [1.807, 2.05) is 4.90 Å². The number of ether oxygens (including phenoxy) is 2. The molecule has 1 aromatic carbocycles. The van der Waals surface area contributed by atoms with E-state index in [1.165, 1.54) is 12.1 Å². The number of benzene rings is 1. The molecular formula is C17H21F3N2O4. The molecule has 0 radical (unpaired) electrons. The summed E-state index contributed by atoms with van der Waals surface area (Å²) in [4.78, 5) is 25.8. The van der Waals surface area contributed by atoms with Gasteiger partial charge in [-0.25, -0.2) is 0 Å². The van der Waals surface area contributed by atoms with E-state index in [4.69, 9.17) is 4.74 Å². The Hall–Kier alpha value is -2.29. The summed E-state index contributed by atoms with van der Waals surface area (Å²) in [7, 11) is 0. The van der Waals surface area contributed by atoms with Crippen LogP contribution in [-0.2, 0) is 14.3 Å². The smallest absolute Gasteiger partial charge is 0.466 e. The van der Waals surface area contributed by atoms with Gasteiger partial charge in [0.1, 0.15) is 5.75 Å². The van der Waals surface area contributed by atoms with Crippen molar-refractivity contribution < 1.29 is 32.2 Å². The maximum Gasteiger partial charge on any atom is 0.573 e. The summed E-state index contributed by atoms with van der Waals surface area (Å²) in [6.07, 6.45) is -3.23. The summed E-state index contributed by atoms with van der Waals surface area (Å²) in [5.74, 6) is -1.16. The fourth-order valence-electron chi connectivity index (χ4n) is 2.80. The van der Waals surface area contributed by atoms with Crippen molar-refractivity contribution >= 4 is 17.6 Å². The summed E-state index contributed by atoms with van der Waals surface area (Å²) in [6, 6.07) is 4.91. The second-order valence-corrected chi connectivity index (χ2v) is 5.95. The Morgan fingerprint density at radius 2 is 1.96 bits per heavy atom. The maximum absolute atomic E-state index is 12.1. The Kier molecular flexibility index (Phi) is 6.84. The second kappa shape index (κ2) is 8.88. The van der Waals surface area contributed by atoms with Crippen LogP contribution in [0.3, 0.4) is 0 Å². The highest BCUT2D eigenvalue weighted by Crippen LogP contribution is 2.24. The summed E-state index contributed by atoms with van der Waals surface area (Å²) in [5, 5.41) is 2.61. The lowest BCUT2D eigenvalue weighted by Gasteiger charge is -2.30. The Morgan fingerprint density at radius 3 is 2.58 bits per heavy atom. The number of nitrogens with one attached hydrogen (secondary N) is 1. The fraction of sp³-hybridized carbons (Fsp3) is 0.529. The normalized spacial score (nSPS) is 18.2. The molecule has 6 nitrogen and oxygen atoms in total. The molecule has 1 amide bonds. The molecule has 0 bridgehead atoms. The van der Waals surface area contributed by atoms with Crippen molar-refractivity contribution in [3.8, 4) is 5.75 Å². The minimum Gasteiger partial charge on any atom is -0.466 e. The van der Waals surface area contributed by atoms with E-state index in [0.717, 1.165) is 25.0 Å². The van der Waals surface area contributed by atoms with Gasteiger partial charge in [0.15, 0.2) is 0 Å². The van der Waals surface area contributed by atoms with E-state index in [2.05, 4.69) is 10.1 Å². The van der Waals surface area contributed by atoms with E-state index in [1.54, 1.807) is 6.92 Å². The average Bonchev–Trinajstić information content (AvgIpc) is 2.56. The number of nitrogens with zero attached hydrogens (tertiary/aromatic N) is 1. The quantitative estimate of drug-likeness (QED) is 0.776. The summed E-state index contributed by atoms with van der Waals surface area (Å²) < 4.78 is 45.1. The number of carbonyl (C=O) groups is 2. The Bertz CT molecular complexity index is 619. The molecule has 1 N–H and O–H groups in total. The topological polar surface area (TPSA) is 67.9 Å². The van der Waals surface area contributed by atoms with Crippen LogP contribution in [0, 0.1) is 5.92 Å². The van der Waals surface area contributed by atoms with Crippen molar-refractivity contribution in [1.82, 2.24) is 4.90 Å². The van der Waals surface area contributed by atoms with Crippen LogP contribution < -0.4 is 10.1 Å². The first-order valence-corrected chi connectivity index (χ1v) is 8.31. The van der Waals surface area contributed by atoms with E-state index in [-0.39, 0.29) is 30.1 Å². The molecule has 1 aromatic rings. The molecule has 9 heteroatoms. The third kappa shape index (κ3) is 6.55. The molecule has 1 saturated heterocycles. The van der Waals surface area contributed by atoms with Crippen LogP contribution in [0.5, 0.6) is 5.75 Å². The largest absolute Gasteiger partial charge is 0.573 e. The molecule has 0 aromatic heterocycles.